The molecule has 1 fully saturated rings. The number of hydrogen-bond donors (Lipinski definition) is 0. The van der Waals surface area contributed by atoms with Crippen molar-refractivity contribution in [2.24, 2.45) is 0 Å². The first-order valence-electron chi connectivity index (χ1n) is 9.43. The summed E-state index contributed by atoms with van der Waals surface area (Å²) in [5, 5.41) is 0. The van der Waals surface area contributed by atoms with Gasteiger partial charge in [0.2, 0.25) is 0 Å². The summed E-state index contributed by atoms with van der Waals surface area (Å²) in [5.41, 5.74) is 3.14. The van der Waals surface area contributed by atoms with E-state index in [1.165, 1.54) is 5.69 Å². The molecule has 142 valence electrons. The van der Waals surface area contributed by atoms with Crippen LogP contribution in [0.15, 0.2) is 48.8 Å². The van der Waals surface area contributed by atoms with E-state index in [1.54, 1.807) is 22.2 Å². The third-order valence-electron chi connectivity index (χ3n) is 4.93. The number of amides is 2. The molecule has 0 spiro atoms. The number of pyridine rings is 1. The van der Waals surface area contributed by atoms with Gasteiger partial charge in [0.1, 0.15) is 0 Å². The minimum atomic E-state index is -0.440. The van der Waals surface area contributed by atoms with Gasteiger partial charge < -0.3 is 14.7 Å². The average molecular weight is 366 g/mol. The van der Waals surface area contributed by atoms with Crippen LogP contribution in [-0.4, -0.2) is 52.8 Å². The summed E-state index contributed by atoms with van der Waals surface area (Å²) in [7, 11) is 0. The van der Waals surface area contributed by atoms with E-state index in [4.69, 9.17) is 0 Å². The van der Waals surface area contributed by atoms with Crippen molar-refractivity contribution in [3.05, 3.63) is 59.9 Å². The molecule has 0 saturated carbocycles. The van der Waals surface area contributed by atoms with Gasteiger partial charge in [0.25, 0.3) is 0 Å². The van der Waals surface area contributed by atoms with Crippen molar-refractivity contribution in [2.75, 3.05) is 31.1 Å². The van der Waals surface area contributed by atoms with Gasteiger partial charge in [0.05, 0.1) is 0 Å². The van der Waals surface area contributed by atoms with Crippen molar-refractivity contribution in [1.29, 1.82) is 0 Å². The van der Waals surface area contributed by atoms with E-state index < -0.39 is 11.8 Å². The molecule has 6 nitrogen and oxygen atoms in total. The zero-order valence-electron chi connectivity index (χ0n) is 16.0. The van der Waals surface area contributed by atoms with Gasteiger partial charge in [-0.1, -0.05) is 18.2 Å². The van der Waals surface area contributed by atoms with Crippen molar-refractivity contribution < 1.29 is 9.59 Å². The standard InChI is InChI=1S/C21H26N4O2/c1-3-23(4-2)19-9-7-17(8-10-19)15-24-12-13-25(21(27)20(24)26)16-18-6-5-11-22-14-18/h5-11,14H,3-4,12-13,15-16H2,1-2H3. The molecule has 27 heavy (non-hydrogen) atoms. The van der Waals surface area contributed by atoms with Crippen molar-refractivity contribution in [2.45, 2.75) is 26.9 Å². The predicted molar refractivity (Wildman–Crippen MR) is 105 cm³/mol. The summed E-state index contributed by atoms with van der Waals surface area (Å²) in [5.74, 6) is -0.872. The molecule has 1 aliphatic heterocycles. The van der Waals surface area contributed by atoms with Crippen LogP contribution >= 0.6 is 0 Å². The molecule has 1 aliphatic rings. The van der Waals surface area contributed by atoms with E-state index >= 15 is 0 Å². The minimum Gasteiger partial charge on any atom is -0.372 e. The van der Waals surface area contributed by atoms with Crippen LogP contribution in [0.4, 0.5) is 5.69 Å². The molecule has 0 bridgehead atoms. The first-order valence-corrected chi connectivity index (χ1v) is 9.43. The molecule has 0 N–H and O–H groups in total. The van der Waals surface area contributed by atoms with Gasteiger partial charge in [-0.15, -0.1) is 0 Å². The maximum Gasteiger partial charge on any atom is 0.312 e. The highest BCUT2D eigenvalue weighted by Gasteiger charge is 2.32. The lowest BCUT2D eigenvalue weighted by Crippen LogP contribution is -2.53. The minimum absolute atomic E-state index is 0.421. The number of hydrogen-bond acceptors (Lipinski definition) is 4. The summed E-state index contributed by atoms with van der Waals surface area (Å²) in [6.45, 7) is 8.15. The normalized spacial score (nSPS) is 14.6. The molecule has 6 heteroatoms. The van der Waals surface area contributed by atoms with Crippen molar-refractivity contribution in [3.63, 3.8) is 0 Å². The monoisotopic (exact) mass is 366 g/mol. The van der Waals surface area contributed by atoms with Crippen LogP contribution in [0.25, 0.3) is 0 Å². The Morgan fingerprint density at radius 3 is 2.00 bits per heavy atom. The van der Waals surface area contributed by atoms with E-state index in [2.05, 4.69) is 35.9 Å². The molecule has 2 amide bonds. The Kier molecular flexibility index (Phi) is 6.06. The molecule has 0 unspecified atom stereocenters. The van der Waals surface area contributed by atoms with Gasteiger partial charge in [0.15, 0.2) is 0 Å². The maximum atomic E-state index is 12.5. The highest BCUT2D eigenvalue weighted by atomic mass is 16.2. The molecule has 2 aromatic rings. The quantitative estimate of drug-likeness (QED) is 0.706. The predicted octanol–water partition coefficient (Wildman–Crippen LogP) is 2.30. The zero-order chi connectivity index (χ0) is 19.2. The molecule has 1 aromatic heterocycles. The van der Waals surface area contributed by atoms with E-state index in [9.17, 15) is 9.59 Å². The van der Waals surface area contributed by atoms with Crippen LogP contribution in [0.5, 0.6) is 0 Å². The molecule has 0 atom stereocenters. The number of carbonyl (C=O) groups is 2. The highest BCUT2D eigenvalue weighted by Crippen LogP contribution is 2.18. The largest absolute Gasteiger partial charge is 0.372 e. The molecular weight excluding hydrogens is 340 g/mol. The van der Waals surface area contributed by atoms with E-state index in [0.29, 0.717) is 26.2 Å². The molecular formula is C21H26N4O2. The van der Waals surface area contributed by atoms with Gasteiger partial charge in [-0.25, -0.2) is 0 Å². The van der Waals surface area contributed by atoms with E-state index in [0.717, 1.165) is 24.2 Å². The van der Waals surface area contributed by atoms with Gasteiger partial charge in [0, 0.05) is 57.3 Å². The molecule has 2 heterocycles. The Morgan fingerprint density at radius 1 is 0.889 bits per heavy atom. The van der Waals surface area contributed by atoms with Gasteiger partial charge in [-0.3, -0.25) is 14.6 Å². The molecule has 1 aromatic carbocycles. The number of anilines is 1. The number of rotatable bonds is 7. The summed E-state index contributed by atoms with van der Waals surface area (Å²) in [6.07, 6.45) is 3.42. The topological polar surface area (TPSA) is 56.8 Å². The van der Waals surface area contributed by atoms with Gasteiger partial charge in [-0.2, -0.15) is 0 Å². The SMILES string of the molecule is CCN(CC)c1ccc(CN2CCN(Cc3cccnc3)C(=O)C2=O)cc1. The second-order valence-electron chi connectivity index (χ2n) is 6.65. The number of benzene rings is 1. The van der Waals surface area contributed by atoms with Crippen LogP contribution in [0.1, 0.15) is 25.0 Å². The fourth-order valence-corrected chi connectivity index (χ4v) is 3.35. The lowest BCUT2D eigenvalue weighted by Gasteiger charge is -2.34. The van der Waals surface area contributed by atoms with E-state index in [1.807, 2.05) is 24.3 Å². The van der Waals surface area contributed by atoms with Crippen molar-refractivity contribution in [1.82, 2.24) is 14.8 Å². The first kappa shape index (κ1) is 18.9. The molecule has 3 rings (SSSR count). The zero-order valence-corrected chi connectivity index (χ0v) is 16.0. The Hall–Kier alpha value is -2.89. The average Bonchev–Trinajstić information content (AvgIpc) is 2.70. The number of nitrogens with zero attached hydrogens (tertiary/aromatic N) is 4. The van der Waals surface area contributed by atoms with Crippen LogP contribution in [-0.2, 0) is 22.7 Å². The smallest absolute Gasteiger partial charge is 0.312 e. The lowest BCUT2D eigenvalue weighted by molar-refractivity contribution is -0.156. The summed E-state index contributed by atoms with van der Waals surface area (Å²) >= 11 is 0. The second kappa shape index (κ2) is 8.66. The fraction of sp³-hybridized carbons (Fsp3) is 0.381. The summed E-state index contributed by atoms with van der Waals surface area (Å²) in [6, 6.07) is 12.0. The maximum absolute atomic E-state index is 12.5. The number of piperazine rings is 1. The second-order valence-corrected chi connectivity index (χ2v) is 6.65. The molecule has 0 radical (unpaired) electrons. The third kappa shape index (κ3) is 4.45. The van der Waals surface area contributed by atoms with Gasteiger partial charge >= 0.3 is 11.8 Å². The molecule has 1 saturated heterocycles. The van der Waals surface area contributed by atoms with Gasteiger partial charge in [-0.05, 0) is 43.2 Å². The molecule has 0 aliphatic carbocycles. The lowest BCUT2D eigenvalue weighted by atomic mass is 10.1. The Morgan fingerprint density at radius 2 is 1.48 bits per heavy atom. The third-order valence-corrected chi connectivity index (χ3v) is 4.93. The Balaban J connectivity index is 1.61. The van der Waals surface area contributed by atoms with Crippen LogP contribution in [0.2, 0.25) is 0 Å². The number of carbonyl (C=O) groups excluding carboxylic acids is 2. The van der Waals surface area contributed by atoms with Crippen LogP contribution < -0.4 is 4.90 Å². The summed E-state index contributed by atoms with van der Waals surface area (Å²) < 4.78 is 0. The van der Waals surface area contributed by atoms with Crippen LogP contribution in [0, 0.1) is 0 Å². The van der Waals surface area contributed by atoms with Crippen LogP contribution in [0.3, 0.4) is 0 Å². The van der Waals surface area contributed by atoms with Crippen molar-refractivity contribution in [3.8, 4) is 0 Å². The fourth-order valence-electron chi connectivity index (χ4n) is 3.35. The van der Waals surface area contributed by atoms with E-state index in [-0.39, 0.29) is 0 Å². The summed E-state index contributed by atoms with van der Waals surface area (Å²) in [4.78, 5) is 34.5. The Bertz CT molecular complexity index is 773. The Labute approximate surface area is 160 Å². The number of aromatic nitrogens is 1. The first-order chi connectivity index (χ1) is 13.1. The van der Waals surface area contributed by atoms with Crippen molar-refractivity contribution >= 4 is 17.5 Å². The highest BCUT2D eigenvalue weighted by molar-refractivity contribution is 6.35.